The zero-order valence-corrected chi connectivity index (χ0v) is 16.0. The Morgan fingerprint density at radius 1 is 1.32 bits per heavy atom. The van der Waals surface area contributed by atoms with Crippen molar-refractivity contribution in [1.29, 1.82) is 5.26 Å². The summed E-state index contributed by atoms with van der Waals surface area (Å²) in [6, 6.07) is 11.1. The van der Waals surface area contributed by atoms with Gasteiger partial charge in [0.2, 0.25) is 0 Å². The van der Waals surface area contributed by atoms with Crippen LogP contribution in [0.5, 0.6) is 0 Å². The van der Waals surface area contributed by atoms with E-state index in [4.69, 9.17) is 4.74 Å². The van der Waals surface area contributed by atoms with Gasteiger partial charge in [-0.05, 0) is 31.9 Å². The van der Waals surface area contributed by atoms with Gasteiger partial charge < -0.3 is 4.74 Å². The monoisotopic (exact) mass is 391 g/mol. The summed E-state index contributed by atoms with van der Waals surface area (Å²) in [6.07, 6.45) is 2.13. The highest BCUT2D eigenvalue weighted by molar-refractivity contribution is 7.09. The summed E-state index contributed by atoms with van der Waals surface area (Å²) in [5.41, 5.74) is 2.77. The number of nitriles is 1. The fraction of sp³-hybridized carbons (Fsp3) is 0.286. The smallest absolute Gasteiger partial charge is 0.339 e. The number of hydrogen-bond acceptors (Lipinski definition) is 7. The van der Waals surface area contributed by atoms with E-state index in [1.165, 1.54) is 11.3 Å². The minimum Gasteiger partial charge on any atom is -0.454 e. The Bertz CT molecular complexity index is 1110. The van der Waals surface area contributed by atoms with Crippen LogP contribution in [0.25, 0.3) is 10.9 Å². The molecule has 2 aromatic heterocycles. The first kappa shape index (κ1) is 18.3. The Labute approximate surface area is 165 Å². The number of pyridine rings is 1. The average molecular weight is 391 g/mol. The van der Waals surface area contributed by atoms with Crippen molar-refractivity contribution in [3.63, 3.8) is 0 Å². The number of Topliss-reactive ketones (excluding diaryl/α,β-unsaturated/α-hetero) is 1. The van der Waals surface area contributed by atoms with E-state index in [-0.39, 0.29) is 0 Å². The van der Waals surface area contributed by atoms with Crippen LogP contribution in [0.4, 0.5) is 0 Å². The van der Waals surface area contributed by atoms with Crippen molar-refractivity contribution in [1.82, 2.24) is 9.97 Å². The van der Waals surface area contributed by atoms with Crippen molar-refractivity contribution >= 4 is 34.0 Å². The molecule has 7 heteroatoms. The van der Waals surface area contributed by atoms with Crippen LogP contribution in [0.2, 0.25) is 0 Å². The summed E-state index contributed by atoms with van der Waals surface area (Å²) < 4.78 is 5.27. The molecule has 4 rings (SSSR count). The molecule has 1 saturated carbocycles. The number of nitrogens with zero attached hydrogens (tertiary/aromatic N) is 3. The van der Waals surface area contributed by atoms with Gasteiger partial charge >= 0.3 is 5.97 Å². The van der Waals surface area contributed by atoms with Crippen LogP contribution in [-0.2, 0) is 9.53 Å². The van der Waals surface area contributed by atoms with Crippen molar-refractivity contribution in [2.24, 2.45) is 0 Å². The van der Waals surface area contributed by atoms with Gasteiger partial charge in [0.15, 0.2) is 18.3 Å². The molecular weight excluding hydrogens is 374 g/mol. The number of rotatable bonds is 6. The average Bonchev–Trinajstić information content (AvgIpc) is 3.47. The van der Waals surface area contributed by atoms with E-state index in [0.717, 1.165) is 29.7 Å². The third-order valence-electron chi connectivity index (χ3n) is 4.63. The van der Waals surface area contributed by atoms with Crippen molar-refractivity contribution in [2.75, 3.05) is 6.61 Å². The SMILES string of the molecule is Cc1csc([C@@H](C#N)C(=O)COC(=O)c2cc(C3CC3)nc3ccccc23)n1. The zero-order chi connectivity index (χ0) is 19.7. The molecular formula is C21H17N3O3S. The van der Waals surface area contributed by atoms with Gasteiger partial charge in [-0.1, -0.05) is 18.2 Å². The molecule has 3 aromatic rings. The third-order valence-corrected chi connectivity index (χ3v) is 5.66. The fourth-order valence-corrected chi connectivity index (χ4v) is 3.88. The maximum Gasteiger partial charge on any atom is 0.339 e. The molecule has 0 bridgehead atoms. The second-order valence-corrected chi connectivity index (χ2v) is 7.71. The standard InChI is InChI=1S/C21H17N3O3S/c1-12-11-28-20(23-12)16(9-22)19(25)10-27-21(26)15-8-18(13-6-7-13)24-17-5-3-2-4-14(15)17/h2-5,8,11,13,16H,6-7,10H2,1H3/t16-/m0/s1. The quantitative estimate of drug-likeness (QED) is 0.592. The van der Waals surface area contributed by atoms with Gasteiger partial charge in [0, 0.05) is 28.1 Å². The molecule has 0 unspecified atom stereocenters. The predicted octanol–water partition coefficient (Wildman–Crippen LogP) is 3.91. The second-order valence-electron chi connectivity index (χ2n) is 6.82. The zero-order valence-electron chi connectivity index (χ0n) is 15.2. The number of esters is 1. The Balaban J connectivity index is 1.54. The molecule has 1 aliphatic rings. The van der Waals surface area contributed by atoms with Crippen LogP contribution in [0.3, 0.4) is 0 Å². The number of thiazole rings is 1. The van der Waals surface area contributed by atoms with E-state index in [1.807, 2.05) is 30.3 Å². The molecule has 0 N–H and O–H groups in total. The van der Waals surface area contributed by atoms with Crippen LogP contribution in [0.15, 0.2) is 35.7 Å². The Morgan fingerprint density at radius 3 is 2.79 bits per heavy atom. The maximum absolute atomic E-state index is 12.7. The molecule has 140 valence electrons. The number of aromatic nitrogens is 2. The number of aryl methyl sites for hydroxylation is 1. The third kappa shape index (κ3) is 3.64. The molecule has 2 heterocycles. The number of para-hydroxylation sites is 1. The van der Waals surface area contributed by atoms with Crippen molar-refractivity contribution in [3.8, 4) is 6.07 Å². The second kappa shape index (κ2) is 7.49. The van der Waals surface area contributed by atoms with Gasteiger partial charge in [-0.15, -0.1) is 11.3 Å². The van der Waals surface area contributed by atoms with E-state index in [9.17, 15) is 14.9 Å². The Morgan fingerprint density at radius 2 is 2.11 bits per heavy atom. The normalized spacial score (nSPS) is 14.4. The number of ether oxygens (including phenoxy) is 1. The number of carbonyl (C=O) groups excluding carboxylic acids is 2. The van der Waals surface area contributed by atoms with Crippen molar-refractivity contribution in [2.45, 2.75) is 31.6 Å². The van der Waals surface area contributed by atoms with Crippen LogP contribution < -0.4 is 0 Å². The van der Waals surface area contributed by atoms with Gasteiger partial charge in [0.25, 0.3) is 0 Å². The lowest BCUT2D eigenvalue weighted by Crippen LogP contribution is -2.20. The molecule has 1 atom stereocenters. The summed E-state index contributed by atoms with van der Waals surface area (Å²) in [6.45, 7) is 1.33. The van der Waals surface area contributed by atoms with Gasteiger partial charge in [-0.25, -0.2) is 9.78 Å². The van der Waals surface area contributed by atoms with Gasteiger partial charge in [-0.2, -0.15) is 5.26 Å². The lowest BCUT2D eigenvalue weighted by atomic mass is 10.1. The highest BCUT2D eigenvalue weighted by Crippen LogP contribution is 2.40. The summed E-state index contributed by atoms with van der Waals surface area (Å²) in [4.78, 5) is 34.0. The lowest BCUT2D eigenvalue weighted by Gasteiger charge is -2.10. The molecule has 1 fully saturated rings. The highest BCUT2D eigenvalue weighted by atomic mass is 32.1. The molecule has 0 saturated heterocycles. The molecule has 0 spiro atoms. The van der Waals surface area contributed by atoms with E-state index in [1.54, 1.807) is 18.4 Å². The molecule has 6 nitrogen and oxygen atoms in total. The minimum absolute atomic E-state index is 0.383. The van der Waals surface area contributed by atoms with Gasteiger partial charge in [0.05, 0.1) is 17.1 Å². The van der Waals surface area contributed by atoms with Gasteiger partial charge in [-0.3, -0.25) is 9.78 Å². The minimum atomic E-state index is -1.03. The molecule has 0 aliphatic heterocycles. The van der Waals surface area contributed by atoms with Gasteiger partial charge in [0.1, 0.15) is 5.01 Å². The number of hydrogen-bond donors (Lipinski definition) is 0. The highest BCUT2D eigenvalue weighted by Gasteiger charge is 2.28. The Hall–Kier alpha value is -3.11. The summed E-state index contributed by atoms with van der Waals surface area (Å²) in [7, 11) is 0. The summed E-state index contributed by atoms with van der Waals surface area (Å²) in [5, 5.41) is 12.2. The fourth-order valence-electron chi connectivity index (χ4n) is 3.02. The first-order chi connectivity index (χ1) is 13.6. The largest absolute Gasteiger partial charge is 0.454 e. The van der Waals surface area contributed by atoms with Crippen LogP contribution in [0.1, 0.15) is 51.4 Å². The molecule has 1 aliphatic carbocycles. The van der Waals surface area contributed by atoms with E-state index in [0.29, 0.717) is 21.9 Å². The van der Waals surface area contributed by atoms with Crippen molar-refractivity contribution in [3.05, 3.63) is 57.7 Å². The topological polar surface area (TPSA) is 92.9 Å². The summed E-state index contributed by atoms with van der Waals surface area (Å²) in [5.74, 6) is -1.71. The van der Waals surface area contributed by atoms with Crippen LogP contribution in [-0.4, -0.2) is 28.3 Å². The predicted molar refractivity (Wildman–Crippen MR) is 104 cm³/mol. The van der Waals surface area contributed by atoms with E-state index >= 15 is 0 Å². The Kier molecular flexibility index (Phi) is 4.88. The van der Waals surface area contributed by atoms with E-state index < -0.39 is 24.3 Å². The number of fused-ring (bicyclic) bond motifs is 1. The molecule has 1 aromatic carbocycles. The number of benzene rings is 1. The molecule has 0 radical (unpaired) electrons. The van der Waals surface area contributed by atoms with Crippen LogP contribution >= 0.6 is 11.3 Å². The van der Waals surface area contributed by atoms with Crippen molar-refractivity contribution < 1.29 is 14.3 Å². The lowest BCUT2D eigenvalue weighted by molar-refractivity contribution is -0.122. The first-order valence-corrected chi connectivity index (χ1v) is 9.86. The molecule has 28 heavy (non-hydrogen) atoms. The van der Waals surface area contributed by atoms with Crippen LogP contribution in [0, 0.1) is 18.3 Å². The number of carbonyl (C=O) groups is 2. The summed E-state index contributed by atoms with van der Waals surface area (Å²) >= 11 is 1.25. The maximum atomic E-state index is 12.7. The van der Waals surface area contributed by atoms with E-state index in [2.05, 4.69) is 9.97 Å². The first-order valence-electron chi connectivity index (χ1n) is 8.98. The molecule has 0 amide bonds. The number of ketones is 1.